The van der Waals surface area contributed by atoms with Gasteiger partial charge in [0.15, 0.2) is 18.2 Å². The molecule has 2 aromatic rings. The molecule has 5 rings (SSSR count). The first-order chi connectivity index (χ1) is 17.3. The third-order valence-electron chi connectivity index (χ3n) is 6.89. The minimum atomic E-state index is -0.565. The monoisotopic (exact) mass is 524 g/mol. The average Bonchev–Trinajstić information content (AvgIpc) is 2.85. The molecule has 2 aliphatic carbocycles. The van der Waals surface area contributed by atoms with E-state index in [1.807, 2.05) is 13.0 Å². The molecule has 186 valence electrons. The van der Waals surface area contributed by atoms with Gasteiger partial charge < -0.3 is 15.4 Å². The highest BCUT2D eigenvalue weighted by Crippen LogP contribution is 2.48. The molecule has 0 radical (unpaired) electrons. The second kappa shape index (κ2) is 10.1. The van der Waals surface area contributed by atoms with E-state index in [2.05, 4.69) is 10.6 Å². The predicted octanol–water partition coefficient (Wildman–Crippen LogP) is 6.02. The number of dihydropyridines is 1. The average molecular weight is 525 g/mol. The quantitative estimate of drug-likeness (QED) is 0.499. The van der Waals surface area contributed by atoms with E-state index < -0.39 is 5.92 Å². The Labute approximate surface area is 219 Å². The van der Waals surface area contributed by atoms with Crippen LogP contribution in [0.1, 0.15) is 55.6 Å². The van der Waals surface area contributed by atoms with Crippen LogP contribution >= 0.6 is 23.2 Å². The van der Waals surface area contributed by atoms with Gasteiger partial charge in [0, 0.05) is 62.6 Å². The molecule has 0 fully saturated rings. The molecule has 6 nitrogen and oxygen atoms in total. The molecular formula is C28H26Cl2N2O4. The Morgan fingerprint density at radius 1 is 0.972 bits per heavy atom. The van der Waals surface area contributed by atoms with E-state index in [-0.39, 0.29) is 24.1 Å². The summed E-state index contributed by atoms with van der Waals surface area (Å²) in [5.74, 6) is -0.455. The number of hydrogen-bond acceptors (Lipinski definition) is 5. The predicted molar refractivity (Wildman–Crippen MR) is 139 cm³/mol. The van der Waals surface area contributed by atoms with Gasteiger partial charge in [0.25, 0.3) is 5.91 Å². The summed E-state index contributed by atoms with van der Waals surface area (Å²) in [6.45, 7) is 1.63. The van der Waals surface area contributed by atoms with Crippen LogP contribution < -0.4 is 15.4 Å². The van der Waals surface area contributed by atoms with Crippen molar-refractivity contribution in [3.8, 4) is 5.75 Å². The van der Waals surface area contributed by atoms with Crippen LogP contribution in [0.15, 0.2) is 58.9 Å². The van der Waals surface area contributed by atoms with Crippen molar-refractivity contribution in [1.29, 1.82) is 0 Å². The highest BCUT2D eigenvalue weighted by atomic mass is 35.5. The number of hydrogen-bond donors (Lipinski definition) is 2. The first-order valence-corrected chi connectivity index (χ1v) is 12.8. The van der Waals surface area contributed by atoms with Crippen LogP contribution in [0, 0.1) is 6.92 Å². The van der Waals surface area contributed by atoms with Gasteiger partial charge in [0.1, 0.15) is 5.75 Å². The van der Waals surface area contributed by atoms with Gasteiger partial charge in [-0.3, -0.25) is 14.4 Å². The number of allylic oxidation sites excluding steroid dienone is 4. The van der Waals surface area contributed by atoms with Gasteiger partial charge in [0.2, 0.25) is 0 Å². The Balaban J connectivity index is 1.47. The number of halogens is 2. The summed E-state index contributed by atoms with van der Waals surface area (Å²) in [4.78, 5) is 38.9. The molecule has 0 saturated heterocycles. The first-order valence-electron chi connectivity index (χ1n) is 12.1. The van der Waals surface area contributed by atoms with Crippen LogP contribution in [0.3, 0.4) is 0 Å². The van der Waals surface area contributed by atoms with Crippen LogP contribution in [0.25, 0.3) is 0 Å². The Morgan fingerprint density at radius 3 is 2.28 bits per heavy atom. The molecule has 0 bridgehead atoms. The SMILES string of the molecule is Cc1ccc(NC(=O)COc2ccc(Cl)cc2C2C3=C(CCCC3=O)NC3=C2C(=O)CCC3)cc1Cl. The fraction of sp³-hybridized carbons (Fsp3) is 0.321. The van der Waals surface area contributed by atoms with Crippen LogP contribution in [0.4, 0.5) is 5.69 Å². The molecule has 0 saturated carbocycles. The summed E-state index contributed by atoms with van der Waals surface area (Å²) in [5, 5.41) is 7.21. The van der Waals surface area contributed by atoms with Crippen molar-refractivity contribution < 1.29 is 19.1 Å². The molecule has 0 aromatic heterocycles. The van der Waals surface area contributed by atoms with Crippen LogP contribution in [0.2, 0.25) is 10.0 Å². The second-order valence-electron chi connectivity index (χ2n) is 9.38. The van der Waals surface area contributed by atoms with E-state index >= 15 is 0 Å². The molecular weight excluding hydrogens is 499 g/mol. The van der Waals surface area contributed by atoms with E-state index in [1.165, 1.54) is 0 Å². The van der Waals surface area contributed by atoms with Crippen molar-refractivity contribution in [3.63, 3.8) is 0 Å². The Bertz CT molecular complexity index is 1300. The number of ketones is 2. The molecule has 0 atom stereocenters. The summed E-state index contributed by atoms with van der Waals surface area (Å²) in [6.07, 6.45) is 3.92. The Hall–Kier alpha value is -3.09. The van der Waals surface area contributed by atoms with Crippen LogP contribution in [-0.4, -0.2) is 24.1 Å². The van der Waals surface area contributed by atoms with Crippen molar-refractivity contribution in [2.75, 3.05) is 11.9 Å². The Morgan fingerprint density at radius 2 is 1.64 bits per heavy atom. The minimum Gasteiger partial charge on any atom is -0.483 e. The van der Waals surface area contributed by atoms with E-state index in [0.29, 0.717) is 51.0 Å². The number of Topliss-reactive ketones (excluding diaryl/α,β-unsaturated/α-hetero) is 2. The minimum absolute atomic E-state index is 0.0265. The number of nitrogens with one attached hydrogen (secondary N) is 2. The lowest BCUT2D eigenvalue weighted by Crippen LogP contribution is -2.36. The zero-order valence-corrected chi connectivity index (χ0v) is 21.4. The lowest BCUT2D eigenvalue weighted by molar-refractivity contribution is -0.119. The number of aryl methyl sites for hydroxylation is 1. The summed E-state index contributed by atoms with van der Waals surface area (Å²) in [6, 6.07) is 10.4. The van der Waals surface area contributed by atoms with E-state index in [9.17, 15) is 14.4 Å². The van der Waals surface area contributed by atoms with Crippen molar-refractivity contribution in [2.45, 2.75) is 51.4 Å². The third kappa shape index (κ3) is 4.80. The molecule has 0 unspecified atom stereocenters. The van der Waals surface area contributed by atoms with Gasteiger partial charge >= 0.3 is 0 Å². The van der Waals surface area contributed by atoms with Gasteiger partial charge in [-0.1, -0.05) is 29.3 Å². The van der Waals surface area contributed by atoms with E-state index in [4.69, 9.17) is 27.9 Å². The van der Waals surface area contributed by atoms with Gasteiger partial charge in [-0.05, 0) is 68.5 Å². The normalized spacial score (nSPS) is 18.0. The number of carbonyl (C=O) groups excluding carboxylic acids is 3. The molecule has 1 aliphatic heterocycles. The first kappa shape index (κ1) is 24.6. The number of benzene rings is 2. The largest absolute Gasteiger partial charge is 0.483 e. The maximum atomic E-state index is 13.1. The maximum Gasteiger partial charge on any atom is 0.262 e. The van der Waals surface area contributed by atoms with Crippen LogP contribution in [0.5, 0.6) is 5.75 Å². The summed E-state index contributed by atoms with van der Waals surface area (Å²) < 4.78 is 5.97. The topological polar surface area (TPSA) is 84.5 Å². The molecule has 2 N–H and O–H groups in total. The highest BCUT2D eigenvalue weighted by molar-refractivity contribution is 6.31. The van der Waals surface area contributed by atoms with E-state index in [0.717, 1.165) is 42.6 Å². The lowest BCUT2D eigenvalue weighted by atomic mass is 9.71. The van der Waals surface area contributed by atoms with Gasteiger partial charge in [0.05, 0.1) is 0 Å². The van der Waals surface area contributed by atoms with E-state index in [1.54, 1.807) is 30.3 Å². The highest BCUT2D eigenvalue weighted by Gasteiger charge is 2.41. The van der Waals surface area contributed by atoms with Crippen molar-refractivity contribution in [2.24, 2.45) is 0 Å². The molecule has 36 heavy (non-hydrogen) atoms. The number of amides is 1. The molecule has 1 amide bonds. The third-order valence-corrected chi connectivity index (χ3v) is 7.53. The van der Waals surface area contributed by atoms with Gasteiger partial charge in [-0.2, -0.15) is 0 Å². The fourth-order valence-corrected chi connectivity index (χ4v) is 5.54. The zero-order valence-electron chi connectivity index (χ0n) is 19.9. The molecule has 3 aliphatic rings. The van der Waals surface area contributed by atoms with Gasteiger partial charge in [-0.15, -0.1) is 0 Å². The smallest absolute Gasteiger partial charge is 0.262 e. The molecule has 8 heteroatoms. The Kier molecular flexibility index (Phi) is 6.91. The zero-order chi connectivity index (χ0) is 25.4. The molecule has 0 spiro atoms. The number of anilines is 1. The number of rotatable bonds is 5. The van der Waals surface area contributed by atoms with Crippen LogP contribution in [-0.2, 0) is 14.4 Å². The van der Waals surface area contributed by atoms with Crippen molar-refractivity contribution >= 4 is 46.4 Å². The summed E-state index contributed by atoms with van der Waals surface area (Å²) >= 11 is 12.6. The molecule has 1 heterocycles. The van der Waals surface area contributed by atoms with Gasteiger partial charge in [-0.25, -0.2) is 0 Å². The fourth-order valence-electron chi connectivity index (χ4n) is 5.18. The van der Waals surface area contributed by atoms with Crippen molar-refractivity contribution in [3.05, 3.63) is 80.1 Å². The summed E-state index contributed by atoms with van der Waals surface area (Å²) in [5.41, 5.74) is 5.09. The van der Waals surface area contributed by atoms with Crippen molar-refractivity contribution in [1.82, 2.24) is 5.32 Å². The number of carbonyl (C=O) groups is 3. The lowest BCUT2D eigenvalue weighted by Gasteiger charge is -2.37. The second-order valence-corrected chi connectivity index (χ2v) is 10.2. The standard InChI is InChI=1S/C28H26Cl2N2O4/c1-15-8-10-17(13-19(15)30)31-25(35)14-36-24-11-9-16(29)12-18(24)26-27-20(4-2-6-22(27)33)32-21-5-3-7-23(34)28(21)26/h8-13,26,32H,2-7,14H2,1H3,(H,31,35). The summed E-state index contributed by atoms with van der Waals surface area (Å²) in [7, 11) is 0. The maximum absolute atomic E-state index is 13.1. The molecule has 2 aromatic carbocycles. The number of ether oxygens (including phenoxy) is 1.